The average Bonchev–Trinajstić information content (AvgIpc) is 2.13. The molecular formula is C7H13N3. The molecule has 0 fully saturated rings. The third kappa shape index (κ3) is 1.19. The van der Waals surface area contributed by atoms with Crippen LogP contribution in [0.4, 0.5) is 0 Å². The van der Waals surface area contributed by atoms with Gasteiger partial charge in [-0.15, -0.1) is 0 Å². The van der Waals surface area contributed by atoms with Crippen LogP contribution >= 0.6 is 0 Å². The molecule has 0 amide bonds. The van der Waals surface area contributed by atoms with Gasteiger partial charge in [-0.1, -0.05) is 0 Å². The Balaban J connectivity index is 2.98. The van der Waals surface area contributed by atoms with Crippen LogP contribution in [0.5, 0.6) is 0 Å². The van der Waals surface area contributed by atoms with Crippen LogP contribution in [0.3, 0.4) is 0 Å². The van der Waals surface area contributed by atoms with Gasteiger partial charge in [-0.3, -0.25) is 4.68 Å². The fourth-order valence-electron chi connectivity index (χ4n) is 0.811. The summed E-state index contributed by atoms with van der Waals surface area (Å²) in [5.74, 6) is 0. The molecular weight excluding hydrogens is 126 g/mol. The molecule has 1 aromatic rings. The predicted octanol–water partition coefficient (Wildman–Crippen LogP) is 0.748. The van der Waals surface area contributed by atoms with E-state index >= 15 is 0 Å². The molecule has 0 aliphatic carbocycles. The molecule has 0 aromatic carbocycles. The minimum atomic E-state index is 0.0416. The molecule has 56 valence electrons. The van der Waals surface area contributed by atoms with Crippen molar-refractivity contribution in [2.75, 3.05) is 0 Å². The number of nitrogens with zero attached hydrogens (tertiary/aromatic N) is 2. The molecule has 0 unspecified atom stereocenters. The molecule has 1 aromatic heterocycles. The fraction of sp³-hybridized carbons (Fsp3) is 0.571. The molecule has 0 spiro atoms. The van der Waals surface area contributed by atoms with Gasteiger partial charge in [0.2, 0.25) is 0 Å². The SMILES string of the molecule is Cc1cc([C@H](C)N)nn1C. The second-order valence-corrected chi connectivity index (χ2v) is 2.62. The summed E-state index contributed by atoms with van der Waals surface area (Å²) in [5, 5.41) is 4.20. The zero-order chi connectivity index (χ0) is 7.72. The van der Waals surface area contributed by atoms with E-state index < -0.39 is 0 Å². The highest BCUT2D eigenvalue weighted by Crippen LogP contribution is 2.07. The van der Waals surface area contributed by atoms with E-state index in [4.69, 9.17) is 5.73 Å². The molecule has 0 bridgehead atoms. The van der Waals surface area contributed by atoms with Gasteiger partial charge in [-0.25, -0.2) is 0 Å². The van der Waals surface area contributed by atoms with Crippen molar-refractivity contribution in [3.63, 3.8) is 0 Å². The highest BCUT2D eigenvalue weighted by atomic mass is 15.3. The van der Waals surface area contributed by atoms with Crippen LogP contribution in [0.2, 0.25) is 0 Å². The summed E-state index contributed by atoms with van der Waals surface area (Å²) in [4.78, 5) is 0. The van der Waals surface area contributed by atoms with Crippen LogP contribution < -0.4 is 5.73 Å². The molecule has 0 saturated carbocycles. The molecule has 1 rings (SSSR count). The highest BCUT2D eigenvalue weighted by Gasteiger charge is 2.03. The zero-order valence-corrected chi connectivity index (χ0v) is 6.63. The lowest BCUT2D eigenvalue weighted by Gasteiger charge is -1.96. The topological polar surface area (TPSA) is 43.8 Å². The van der Waals surface area contributed by atoms with Crippen LogP contribution in [-0.4, -0.2) is 9.78 Å². The summed E-state index contributed by atoms with van der Waals surface area (Å²) in [5.41, 5.74) is 7.72. The van der Waals surface area contributed by atoms with E-state index in [0.717, 1.165) is 11.4 Å². The highest BCUT2D eigenvalue weighted by molar-refractivity contribution is 5.10. The van der Waals surface area contributed by atoms with E-state index in [9.17, 15) is 0 Å². The lowest BCUT2D eigenvalue weighted by atomic mass is 10.2. The summed E-state index contributed by atoms with van der Waals surface area (Å²) in [6.45, 7) is 3.95. The van der Waals surface area contributed by atoms with E-state index in [-0.39, 0.29) is 6.04 Å². The van der Waals surface area contributed by atoms with Gasteiger partial charge in [0.25, 0.3) is 0 Å². The normalized spacial score (nSPS) is 13.6. The summed E-state index contributed by atoms with van der Waals surface area (Å²) in [7, 11) is 1.92. The summed E-state index contributed by atoms with van der Waals surface area (Å²) >= 11 is 0. The first-order valence-corrected chi connectivity index (χ1v) is 3.37. The Morgan fingerprint density at radius 1 is 1.70 bits per heavy atom. The van der Waals surface area contributed by atoms with Crippen LogP contribution in [0.25, 0.3) is 0 Å². The minimum absolute atomic E-state index is 0.0416. The zero-order valence-electron chi connectivity index (χ0n) is 6.63. The van der Waals surface area contributed by atoms with Gasteiger partial charge in [0, 0.05) is 18.8 Å². The van der Waals surface area contributed by atoms with Crippen LogP contribution in [0.1, 0.15) is 24.4 Å². The maximum Gasteiger partial charge on any atom is 0.0791 e. The molecule has 0 aliphatic rings. The van der Waals surface area contributed by atoms with Gasteiger partial charge >= 0.3 is 0 Å². The Bertz CT molecular complexity index is 205. The van der Waals surface area contributed by atoms with Gasteiger partial charge in [0.05, 0.1) is 5.69 Å². The van der Waals surface area contributed by atoms with Gasteiger partial charge < -0.3 is 5.73 Å². The third-order valence-corrected chi connectivity index (χ3v) is 1.60. The van der Waals surface area contributed by atoms with Crippen molar-refractivity contribution in [3.8, 4) is 0 Å². The Hall–Kier alpha value is -0.830. The maximum absolute atomic E-state index is 5.62. The second-order valence-electron chi connectivity index (χ2n) is 2.62. The Morgan fingerprint density at radius 2 is 2.30 bits per heavy atom. The predicted molar refractivity (Wildman–Crippen MR) is 40.5 cm³/mol. The van der Waals surface area contributed by atoms with Crippen molar-refractivity contribution in [1.29, 1.82) is 0 Å². The number of hydrogen-bond donors (Lipinski definition) is 1. The Kier molecular flexibility index (Phi) is 1.76. The molecule has 1 heterocycles. The number of hydrogen-bond acceptors (Lipinski definition) is 2. The van der Waals surface area contributed by atoms with E-state index in [1.807, 2.05) is 31.6 Å². The van der Waals surface area contributed by atoms with Crippen molar-refractivity contribution in [2.24, 2.45) is 12.8 Å². The Labute approximate surface area is 60.8 Å². The van der Waals surface area contributed by atoms with Crippen molar-refractivity contribution in [3.05, 3.63) is 17.5 Å². The molecule has 0 saturated heterocycles. The first-order valence-electron chi connectivity index (χ1n) is 3.37. The van der Waals surface area contributed by atoms with Gasteiger partial charge in [0.1, 0.15) is 0 Å². The van der Waals surface area contributed by atoms with Crippen molar-refractivity contribution in [2.45, 2.75) is 19.9 Å². The fourth-order valence-corrected chi connectivity index (χ4v) is 0.811. The molecule has 0 radical (unpaired) electrons. The monoisotopic (exact) mass is 139 g/mol. The number of aryl methyl sites for hydroxylation is 2. The smallest absolute Gasteiger partial charge is 0.0791 e. The van der Waals surface area contributed by atoms with Gasteiger partial charge in [-0.05, 0) is 19.9 Å². The summed E-state index contributed by atoms with van der Waals surface area (Å²) in [6.07, 6.45) is 0. The van der Waals surface area contributed by atoms with E-state index in [0.29, 0.717) is 0 Å². The van der Waals surface area contributed by atoms with E-state index in [2.05, 4.69) is 5.10 Å². The van der Waals surface area contributed by atoms with Crippen LogP contribution in [0, 0.1) is 6.92 Å². The molecule has 1 atom stereocenters. The van der Waals surface area contributed by atoms with E-state index in [1.54, 1.807) is 0 Å². The summed E-state index contributed by atoms with van der Waals surface area (Å²) < 4.78 is 1.83. The summed E-state index contributed by atoms with van der Waals surface area (Å²) in [6, 6.07) is 2.05. The average molecular weight is 139 g/mol. The van der Waals surface area contributed by atoms with Gasteiger partial charge in [0.15, 0.2) is 0 Å². The molecule has 3 heteroatoms. The lowest BCUT2D eigenvalue weighted by molar-refractivity contribution is 0.687. The van der Waals surface area contributed by atoms with Gasteiger partial charge in [-0.2, -0.15) is 5.10 Å². The van der Waals surface area contributed by atoms with Crippen LogP contribution in [0.15, 0.2) is 6.07 Å². The minimum Gasteiger partial charge on any atom is -0.323 e. The molecule has 3 nitrogen and oxygen atoms in total. The van der Waals surface area contributed by atoms with E-state index in [1.165, 1.54) is 0 Å². The largest absolute Gasteiger partial charge is 0.323 e. The molecule has 10 heavy (non-hydrogen) atoms. The maximum atomic E-state index is 5.62. The van der Waals surface area contributed by atoms with Crippen molar-refractivity contribution < 1.29 is 0 Å². The molecule has 2 N–H and O–H groups in total. The lowest BCUT2D eigenvalue weighted by Crippen LogP contribution is -2.06. The number of rotatable bonds is 1. The Morgan fingerprint density at radius 3 is 2.50 bits per heavy atom. The van der Waals surface area contributed by atoms with Crippen molar-refractivity contribution >= 4 is 0 Å². The third-order valence-electron chi connectivity index (χ3n) is 1.60. The van der Waals surface area contributed by atoms with Crippen molar-refractivity contribution in [1.82, 2.24) is 9.78 Å². The first-order chi connectivity index (χ1) is 4.61. The first kappa shape index (κ1) is 7.28. The quantitative estimate of drug-likeness (QED) is 0.624. The van der Waals surface area contributed by atoms with Crippen LogP contribution in [-0.2, 0) is 7.05 Å². The standard InChI is InChI=1S/C7H13N3/c1-5-4-7(6(2)8)9-10(5)3/h4,6H,8H2,1-3H3/t6-/m0/s1. The number of nitrogens with two attached hydrogens (primary N) is 1. The number of aromatic nitrogens is 2. The molecule has 0 aliphatic heterocycles. The second kappa shape index (κ2) is 2.42.